The Bertz CT molecular complexity index is 1950. The molecule has 10 nitrogen and oxygen atoms in total. The van der Waals surface area contributed by atoms with E-state index >= 15 is 0 Å². The number of fused-ring (bicyclic) bond motifs is 9. The second kappa shape index (κ2) is 12.3. The molecule has 3 aromatic rings. The number of anilines is 1. The van der Waals surface area contributed by atoms with Crippen LogP contribution in [0, 0.1) is 35.5 Å². The van der Waals surface area contributed by atoms with Crippen LogP contribution in [0.4, 0.5) is 18.9 Å². The van der Waals surface area contributed by atoms with Crippen molar-refractivity contribution in [1.29, 1.82) is 0 Å². The highest BCUT2D eigenvalue weighted by molar-refractivity contribution is 9.10. The average molecular weight is 781 g/mol. The molecular weight excluding hydrogens is 751 g/mol. The van der Waals surface area contributed by atoms with Crippen LogP contribution in [0.25, 0.3) is 0 Å². The second-order valence-corrected chi connectivity index (χ2v) is 16.3. The lowest BCUT2D eigenvalue weighted by atomic mass is 9.68. The Kier molecular flexibility index (Phi) is 8.50. The summed E-state index contributed by atoms with van der Waals surface area (Å²) < 4.78 is 46.3. The number of imide groups is 1. The third-order valence-corrected chi connectivity index (χ3v) is 13.1. The number of rotatable bonds is 8. The number of nitrogens with one attached hydrogen (secondary N) is 2. The number of carbonyl (C=O) groups is 4. The number of nitrogens with zero attached hydrogens (tertiary/aromatic N) is 1. The lowest BCUT2D eigenvalue weighted by Gasteiger charge is -2.43. The molecule has 3 N–H and O–H groups in total. The lowest BCUT2D eigenvalue weighted by Crippen LogP contribution is -2.49. The number of aromatic nitrogens is 1. The quantitative estimate of drug-likeness (QED) is 0.243. The van der Waals surface area contributed by atoms with E-state index in [1.54, 1.807) is 26.0 Å². The summed E-state index contributed by atoms with van der Waals surface area (Å²) in [6.45, 7) is 2.80. The smallest absolute Gasteiger partial charge is 0.416 e. The number of ether oxygens (including phenoxy) is 1. The summed E-state index contributed by atoms with van der Waals surface area (Å²) in [5.41, 5.74) is -0.317. The minimum Gasteiger partial charge on any atom is -0.483 e. The Morgan fingerprint density at radius 1 is 1.10 bits per heavy atom. The van der Waals surface area contributed by atoms with Gasteiger partial charge in [0, 0.05) is 31.8 Å². The molecule has 7 rings (SSSR count). The Balaban J connectivity index is 1.21. The summed E-state index contributed by atoms with van der Waals surface area (Å²) >= 11 is 6.04. The molecule has 49 heavy (non-hydrogen) atoms. The molecular formula is C33H29BrF3N3O7S2. The number of thiazole rings is 1. The number of H-pyrrole nitrogens is 1. The zero-order valence-electron chi connectivity index (χ0n) is 25.8. The van der Waals surface area contributed by atoms with Gasteiger partial charge in [0.25, 0.3) is 5.91 Å². The molecule has 2 aliphatic heterocycles. The van der Waals surface area contributed by atoms with E-state index in [1.807, 2.05) is 6.07 Å². The Morgan fingerprint density at radius 2 is 1.82 bits per heavy atom. The fraction of sp³-hybridized carbons (Fsp3) is 0.424. The molecule has 2 saturated carbocycles. The second-order valence-electron chi connectivity index (χ2n) is 13.1. The molecule has 258 valence electrons. The fourth-order valence-electron chi connectivity index (χ4n) is 8.36. The van der Waals surface area contributed by atoms with Crippen LogP contribution in [0.5, 0.6) is 5.75 Å². The van der Waals surface area contributed by atoms with Crippen LogP contribution >= 0.6 is 39.0 Å². The van der Waals surface area contributed by atoms with Gasteiger partial charge in [-0.2, -0.15) is 13.2 Å². The van der Waals surface area contributed by atoms with Crippen molar-refractivity contribution in [2.45, 2.75) is 48.7 Å². The number of aliphatic carboxylic acids is 1. The molecule has 2 bridgehead atoms. The van der Waals surface area contributed by atoms with Crippen LogP contribution in [0.15, 0.2) is 56.8 Å². The van der Waals surface area contributed by atoms with Crippen molar-refractivity contribution in [1.82, 2.24) is 9.88 Å². The van der Waals surface area contributed by atoms with Gasteiger partial charge in [0.05, 0.1) is 22.4 Å². The Morgan fingerprint density at radius 3 is 2.49 bits per heavy atom. The molecule has 2 aliphatic carbocycles. The van der Waals surface area contributed by atoms with E-state index in [2.05, 4.69) is 26.2 Å². The molecule has 3 fully saturated rings. The number of hydrogen-bond acceptors (Lipinski definition) is 8. The first-order valence-electron chi connectivity index (χ1n) is 15.5. The van der Waals surface area contributed by atoms with Crippen molar-refractivity contribution in [2.75, 3.05) is 11.9 Å². The van der Waals surface area contributed by atoms with Crippen molar-refractivity contribution in [3.8, 4) is 5.75 Å². The maximum absolute atomic E-state index is 14.0. The van der Waals surface area contributed by atoms with Crippen LogP contribution in [0.2, 0.25) is 0 Å². The predicted molar refractivity (Wildman–Crippen MR) is 176 cm³/mol. The first-order chi connectivity index (χ1) is 23.1. The van der Waals surface area contributed by atoms with Crippen molar-refractivity contribution in [3.05, 3.63) is 72.6 Å². The fourth-order valence-corrected chi connectivity index (χ4v) is 11.6. The number of hydrogen-bond donors (Lipinski definition) is 3. The number of thioether (sulfide) groups is 1. The summed E-state index contributed by atoms with van der Waals surface area (Å²) in [6.07, 6.45) is -4.00. The molecule has 4 aliphatic rings. The third-order valence-electron chi connectivity index (χ3n) is 10.1. The summed E-state index contributed by atoms with van der Waals surface area (Å²) in [5, 5.41) is 12.9. The largest absolute Gasteiger partial charge is 0.483 e. The van der Waals surface area contributed by atoms with Gasteiger partial charge in [-0.25, -0.2) is 4.79 Å². The summed E-state index contributed by atoms with van der Waals surface area (Å²) in [4.78, 5) is 69.9. The number of halogens is 4. The van der Waals surface area contributed by atoms with E-state index in [0.29, 0.717) is 27.2 Å². The standard InChI is InChI=1S/C33H29BrF3N3O7S2/c1-12(2)25(31(44)45)40-29(42)23-17-10-18(24(23)30(40)43)26-22(17)21(27-28(48-26)39-32(46)49-27)16-9-14(34)6-7-19(16)47-11-20(41)38-15-5-3-4-13(8-15)33(35,36)37/h3-9,12,17-18,21-26H,10-11H2,1-2H3,(H,38,41)(H,39,46)(H,44,45)/t17?,18?,21-,22?,23?,24?,25?,26?/m1/s1. The zero-order valence-corrected chi connectivity index (χ0v) is 29.0. The number of aromatic amines is 1. The highest BCUT2D eigenvalue weighted by atomic mass is 79.9. The number of carbonyl (C=O) groups excluding carboxylic acids is 3. The topological polar surface area (TPSA) is 146 Å². The van der Waals surface area contributed by atoms with Gasteiger partial charge in [0.2, 0.25) is 11.8 Å². The van der Waals surface area contributed by atoms with Crippen LogP contribution in [-0.4, -0.2) is 56.6 Å². The van der Waals surface area contributed by atoms with Gasteiger partial charge in [-0.15, -0.1) is 11.8 Å². The predicted octanol–water partition coefficient (Wildman–Crippen LogP) is 5.82. The van der Waals surface area contributed by atoms with Crippen LogP contribution in [0.1, 0.15) is 42.2 Å². The van der Waals surface area contributed by atoms with Crippen LogP contribution in [-0.2, 0) is 25.4 Å². The van der Waals surface area contributed by atoms with Gasteiger partial charge in [0.15, 0.2) is 6.61 Å². The zero-order chi connectivity index (χ0) is 35.1. The molecule has 2 aromatic carbocycles. The molecule has 3 heterocycles. The van der Waals surface area contributed by atoms with Crippen LogP contribution < -0.4 is 14.9 Å². The first kappa shape index (κ1) is 33.8. The van der Waals surface area contributed by atoms with Gasteiger partial charge >= 0.3 is 17.0 Å². The van der Waals surface area contributed by atoms with Crippen molar-refractivity contribution >= 4 is 68.4 Å². The summed E-state index contributed by atoms with van der Waals surface area (Å²) in [6, 6.07) is 8.18. The summed E-state index contributed by atoms with van der Waals surface area (Å²) in [7, 11) is 0. The van der Waals surface area contributed by atoms with E-state index in [-0.39, 0.29) is 33.6 Å². The van der Waals surface area contributed by atoms with E-state index in [1.165, 1.54) is 23.9 Å². The molecule has 7 unspecified atom stereocenters. The van der Waals surface area contributed by atoms with Gasteiger partial charge in [0.1, 0.15) is 11.8 Å². The van der Waals surface area contributed by atoms with Crippen molar-refractivity contribution in [3.63, 3.8) is 0 Å². The minimum atomic E-state index is -4.58. The first-order valence-corrected chi connectivity index (χ1v) is 18.0. The molecule has 0 radical (unpaired) electrons. The molecule has 3 amide bonds. The van der Waals surface area contributed by atoms with Gasteiger partial charge in [-0.1, -0.05) is 47.2 Å². The molecule has 16 heteroatoms. The summed E-state index contributed by atoms with van der Waals surface area (Å²) in [5.74, 6) is -5.62. The van der Waals surface area contributed by atoms with E-state index in [4.69, 9.17) is 4.74 Å². The molecule has 8 atom stereocenters. The maximum atomic E-state index is 14.0. The lowest BCUT2D eigenvalue weighted by molar-refractivity contribution is -0.157. The number of carboxylic acid groups (broad SMARTS) is 1. The Hall–Kier alpha value is -3.63. The number of benzene rings is 2. The monoisotopic (exact) mass is 779 g/mol. The highest BCUT2D eigenvalue weighted by Crippen LogP contribution is 2.69. The van der Waals surface area contributed by atoms with Crippen LogP contribution in [0.3, 0.4) is 0 Å². The van der Waals surface area contributed by atoms with Gasteiger partial charge in [-0.05, 0) is 66.5 Å². The van der Waals surface area contributed by atoms with Crippen molar-refractivity contribution in [2.24, 2.45) is 35.5 Å². The van der Waals surface area contributed by atoms with Crippen molar-refractivity contribution < 1.29 is 42.2 Å². The number of carboxylic acids is 1. The normalized spacial score (nSPS) is 27.6. The molecule has 1 aromatic heterocycles. The average Bonchev–Trinajstić information content (AvgIpc) is 3.76. The third kappa shape index (κ3) is 5.68. The SMILES string of the molecule is CC(C)C(C(=O)O)N1C(=O)C2C3CC(C2C1=O)C1C3Sc2[nH]c(=O)sc2[C@@H]1c1cc(Br)ccc1OCC(=O)Nc1cccc(C(F)(F)F)c1. The molecule has 0 spiro atoms. The van der Waals surface area contributed by atoms with E-state index in [0.717, 1.165) is 33.2 Å². The van der Waals surface area contributed by atoms with E-state index in [9.17, 15) is 42.3 Å². The van der Waals surface area contributed by atoms with Gasteiger partial charge < -0.3 is 20.1 Å². The number of amides is 3. The van der Waals surface area contributed by atoms with Gasteiger partial charge in [-0.3, -0.25) is 24.1 Å². The number of alkyl halides is 3. The Labute approximate surface area is 293 Å². The minimum absolute atomic E-state index is 0.0442. The maximum Gasteiger partial charge on any atom is 0.416 e. The molecule has 1 saturated heterocycles. The highest BCUT2D eigenvalue weighted by Gasteiger charge is 2.70. The van der Waals surface area contributed by atoms with E-state index < -0.39 is 71.8 Å². The number of likely N-dealkylation sites (tertiary alicyclic amines) is 1.